The third kappa shape index (κ3) is 7.90. The van der Waals surface area contributed by atoms with E-state index < -0.39 is 36.5 Å². The van der Waals surface area contributed by atoms with Gasteiger partial charge in [0.15, 0.2) is 23.0 Å². The summed E-state index contributed by atoms with van der Waals surface area (Å²) in [6.07, 6.45) is 8.54. The number of fused-ring (bicyclic) bond motifs is 4. The number of carbonyl (C=O) groups is 4. The summed E-state index contributed by atoms with van der Waals surface area (Å²) < 4.78 is 33.5. The Kier molecular flexibility index (Phi) is 12.0. The average Bonchev–Trinajstić information content (AvgIpc) is 4.17. The monoisotopic (exact) mass is 880 g/mol. The van der Waals surface area contributed by atoms with Gasteiger partial charge < -0.3 is 58.8 Å². The highest BCUT2D eigenvalue weighted by Crippen LogP contribution is 2.51. The second-order valence-corrected chi connectivity index (χ2v) is 17.5. The topological polar surface area (TPSA) is 212 Å². The molecule has 3 aliphatic heterocycles. The molecule has 18 nitrogen and oxygen atoms in total. The number of nitrogens with one attached hydrogen (secondary N) is 4. The van der Waals surface area contributed by atoms with Gasteiger partial charge in [-0.15, -0.1) is 0 Å². The van der Waals surface area contributed by atoms with Crippen LogP contribution < -0.4 is 20.1 Å². The molecule has 4 N–H and O–H groups in total. The van der Waals surface area contributed by atoms with E-state index in [1.165, 1.54) is 28.4 Å². The Labute approximate surface area is 371 Å². The van der Waals surface area contributed by atoms with Gasteiger partial charge >= 0.3 is 12.2 Å². The molecule has 2 saturated carbocycles. The highest BCUT2D eigenvalue weighted by molar-refractivity contribution is 5.88. The molecule has 2 aliphatic carbocycles. The molecule has 10 atom stereocenters. The molecular weight excluding hydrogens is 825 g/mol. The summed E-state index contributed by atoms with van der Waals surface area (Å²) in [7, 11) is 5.56. The number of likely N-dealkylation sites (tertiary alicyclic amines) is 2. The number of carbonyl (C=O) groups excluding carboxylic acids is 4. The molecule has 4 fully saturated rings. The number of aromatic nitrogens is 4. The standard InChI is InChI=1S/C46H56N8O10/c1-23(59-3)39(51-45(57)61-5)43(55)53-31-11-7-9-27(31)17-33(53)41-47-21-29(49-41)25-13-15-35-37(19-25)63-36-16-14-26(20-38(36)64-35)30-22-48-42(50-30)34-18-28-10-8-12-32(28)54(34)44(56)40(24(2)60-4)52-46(58)62-6/h13-16,19-24,27-28,31-34,39-40H,7-12,17-18H2,1-6H3,(H,47,49)(H,48,50)(H,51,57)(H,52,58)/t23-,24-,27+,28+,31+,32+,33+,34+,39+,40+/m1/s1. The Bertz CT molecular complexity index is 2240. The number of alkyl carbamates (subject to hydrolysis) is 2. The molecule has 18 heteroatoms. The lowest BCUT2D eigenvalue weighted by Crippen LogP contribution is -2.55. The zero-order valence-electron chi connectivity index (χ0n) is 36.9. The van der Waals surface area contributed by atoms with Gasteiger partial charge in [-0.3, -0.25) is 9.59 Å². The van der Waals surface area contributed by atoms with E-state index in [-0.39, 0.29) is 36.0 Å². The number of methoxy groups -OCH3 is 4. The van der Waals surface area contributed by atoms with Gasteiger partial charge in [0.1, 0.15) is 23.7 Å². The van der Waals surface area contributed by atoms with E-state index in [9.17, 15) is 19.2 Å². The van der Waals surface area contributed by atoms with Gasteiger partial charge in [0.25, 0.3) is 0 Å². The molecular formula is C46H56N8O10. The maximum Gasteiger partial charge on any atom is 0.407 e. The Morgan fingerprint density at radius 2 is 1.06 bits per heavy atom. The van der Waals surface area contributed by atoms with Crippen LogP contribution in [-0.4, -0.2) is 119 Å². The summed E-state index contributed by atoms with van der Waals surface area (Å²) in [6, 6.07) is 8.92. The number of rotatable bonds is 12. The minimum absolute atomic E-state index is 0.0385. The van der Waals surface area contributed by atoms with Crippen molar-refractivity contribution in [3.8, 4) is 45.5 Å². The fraction of sp³-hybridized carbons (Fsp3) is 0.522. The molecule has 4 amide bonds. The zero-order chi connectivity index (χ0) is 44.8. The molecule has 5 aliphatic rings. The zero-order valence-corrected chi connectivity index (χ0v) is 36.9. The van der Waals surface area contributed by atoms with Gasteiger partial charge in [-0.25, -0.2) is 19.6 Å². The SMILES string of the molecule is COC(=O)N[C@H](C(=O)N1[C@H](c2nc(-c3ccc4c(c3)Oc3ccc(-c5c[nH]c([C@@H]6C[C@@H]7CCC[C@@H]7N6C(=O)[C@@H](NC(=O)OC)[C@@H](C)OC)n5)cc3O4)c[nH]2)C[C@@H]2CCC[C@@H]21)[C@@H](C)OC. The normalized spacial score (nSPS) is 24.8. The number of hydrogen-bond acceptors (Lipinski definition) is 12. The summed E-state index contributed by atoms with van der Waals surface area (Å²) in [5.74, 6) is 3.69. The van der Waals surface area contributed by atoms with Crippen LogP contribution in [0.2, 0.25) is 0 Å². The maximum absolute atomic E-state index is 14.2. The predicted octanol–water partition coefficient (Wildman–Crippen LogP) is 6.77. The number of benzene rings is 2. The minimum Gasteiger partial charge on any atom is -0.453 e. The number of amides is 4. The minimum atomic E-state index is -0.926. The number of nitrogens with zero attached hydrogens (tertiary/aromatic N) is 4. The maximum atomic E-state index is 14.2. The van der Waals surface area contributed by atoms with E-state index in [4.69, 9.17) is 38.4 Å². The first-order valence-electron chi connectivity index (χ1n) is 22.1. The summed E-state index contributed by atoms with van der Waals surface area (Å²) in [5.41, 5.74) is 2.97. The Morgan fingerprint density at radius 3 is 1.45 bits per heavy atom. The molecule has 2 aromatic heterocycles. The van der Waals surface area contributed by atoms with Crippen LogP contribution in [0.15, 0.2) is 48.8 Å². The number of ether oxygens (including phenoxy) is 6. The molecule has 0 radical (unpaired) electrons. The van der Waals surface area contributed by atoms with Crippen molar-refractivity contribution >= 4 is 24.0 Å². The highest BCUT2D eigenvalue weighted by atomic mass is 16.6. The number of hydrogen-bond donors (Lipinski definition) is 4. The first kappa shape index (κ1) is 43.1. The smallest absolute Gasteiger partial charge is 0.407 e. The lowest BCUT2D eigenvalue weighted by molar-refractivity contribution is -0.140. The second-order valence-electron chi connectivity index (χ2n) is 17.5. The van der Waals surface area contributed by atoms with Gasteiger partial charge in [-0.2, -0.15) is 0 Å². The van der Waals surface area contributed by atoms with Gasteiger partial charge in [0.05, 0.1) is 49.9 Å². The third-order valence-corrected chi connectivity index (χ3v) is 14.1. The molecule has 340 valence electrons. The number of H-pyrrole nitrogens is 2. The van der Waals surface area contributed by atoms with Gasteiger partial charge in [0.2, 0.25) is 11.8 Å². The van der Waals surface area contributed by atoms with E-state index in [1.807, 2.05) is 58.6 Å². The van der Waals surface area contributed by atoms with Crippen LogP contribution in [-0.2, 0) is 28.5 Å². The number of aromatic amines is 2. The van der Waals surface area contributed by atoms with Crippen molar-refractivity contribution in [3.63, 3.8) is 0 Å². The summed E-state index contributed by atoms with van der Waals surface area (Å²) in [5, 5.41) is 5.39. The molecule has 0 unspecified atom stereocenters. The van der Waals surface area contributed by atoms with E-state index in [0.29, 0.717) is 57.9 Å². The van der Waals surface area contributed by atoms with Crippen LogP contribution >= 0.6 is 0 Å². The molecule has 0 spiro atoms. The van der Waals surface area contributed by atoms with Crippen molar-refractivity contribution < 1.29 is 47.6 Å². The van der Waals surface area contributed by atoms with Crippen molar-refractivity contribution in [2.75, 3.05) is 28.4 Å². The largest absolute Gasteiger partial charge is 0.453 e. The van der Waals surface area contributed by atoms with E-state index in [2.05, 4.69) is 20.6 Å². The first-order chi connectivity index (χ1) is 31.0. The van der Waals surface area contributed by atoms with E-state index >= 15 is 0 Å². The second kappa shape index (κ2) is 17.8. The Balaban J connectivity index is 0.912. The molecule has 2 aromatic carbocycles. The fourth-order valence-corrected chi connectivity index (χ4v) is 10.6. The lowest BCUT2D eigenvalue weighted by Gasteiger charge is -2.34. The van der Waals surface area contributed by atoms with Gasteiger partial charge in [0, 0.05) is 49.8 Å². The van der Waals surface area contributed by atoms with Crippen molar-refractivity contribution in [2.45, 2.75) is 114 Å². The van der Waals surface area contributed by atoms with Crippen LogP contribution in [0.3, 0.4) is 0 Å². The van der Waals surface area contributed by atoms with Crippen LogP contribution in [0.5, 0.6) is 23.0 Å². The Hall–Kier alpha value is -6.14. The molecule has 5 heterocycles. The molecule has 64 heavy (non-hydrogen) atoms. The van der Waals surface area contributed by atoms with Crippen molar-refractivity contribution in [2.24, 2.45) is 11.8 Å². The van der Waals surface area contributed by atoms with E-state index in [1.54, 1.807) is 13.8 Å². The Morgan fingerprint density at radius 1 is 0.641 bits per heavy atom. The first-order valence-corrected chi connectivity index (χ1v) is 22.1. The average molecular weight is 881 g/mol. The molecule has 4 aromatic rings. The molecule has 9 rings (SSSR count). The van der Waals surface area contributed by atoms with Crippen molar-refractivity contribution in [1.82, 2.24) is 40.4 Å². The van der Waals surface area contributed by atoms with Crippen LogP contribution in [0.1, 0.15) is 88.9 Å². The van der Waals surface area contributed by atoms with Gasteiger partial charge in [-0.05, 0) is 101 Å². The van der Waals surface area contributed by atoms with Gasteiger partial charge in [-0.1, -0.05) is 12.8 Å². The van der Waals surface area contributed by atoms with Crippen molar-refractivity contribution in [3.05, 3.63) is 60.4 Å². The van der Waals surface area contributed by atoms with Crippen LogP contribution in [0.25, 0.3) is 22.5 Å². The lowest BCUT2D eigenvalue weighted by atomic mass is 10.0. The summed E-state index contributed by atoms with van der Waals surface area (Å²) in [4.78, 5) is 73.6. The summed E-state index contributed by atoms with van der Waals surface area (Å²) in [6.45, 7) is 3.51. The van der Waals surface area contributed by atoms with Crippen LogP contribution in [0.4, 0.5) is 9.59 Å². The third-order valence-electron chi connectivity index (χ3n) is 14.1. The molecule has 2 saturated heterocycles. The molecule has 0 bridgehead atoms. The fourth-order valence-electron chi connectivity index (χ4n) is 10.6. The predicted molar refractivity (Wildman–Crippen MR) is 230 cm³/mol. The number of imidazole rings is 2. The summed E-state index contributed by atoms with van der Waals surface area (Å²) >= 11 is 0. The quantitative estimate of drug-likeness (QED) is 0.102. The van der Waals surface area contributed by atoms with E-state index in [0.717, 1.165) is 62.5 Å². The van der Waals surface area contributed by atoms with Crippen LogP contribution in [0, 0.1) is 11.8 Å². The highest BCUT2D eigenvalue weighted by Gasteiger charge is 2.51. The van der Waals surface area contributed by atoms with Crippen molar-refractivity contribution in [1.29, 1.82) is 0 Å².